The molecule has 0 saturated carbocycles. The maximum Gasteiger partial charge on any atom is 0.288 e. The van der Waals surface area contributed by atoms with Crippen LogP contribution >= 0.6 is 23.5 Å². The zero-order chi connectivity index (χ0) is 19.9. The number of benzene rings is 2. The fraction of sp³-hybridized carbons (Fsp3) is 0.200. The Hall–Kier alpha value is -2.32. The van der Waals surface area contributed by atoms with Crippen LogP contribution in [0, 0.1) is 6.92 Å². The highest BCUT2D eigenvalue weighted by atomic mass is 32.2. The van der Waals surface area contributed by atoms with Crippen molar-refractivity contribution in [1.82, 2.24) is 9.97 Å². The summed E-state index contributed by atoms with van der Waals surface area (Å²) in [5, 5.41) is 3.35. The number of nitrogens with one attached hydrogen (secondary N) is 2. The average molecular weight is 420 g/mol. The fourth-order valence-electron chi connectivity index (χ4n) is 2.59. The summed E-state index contributed by atoms with van der Waals surface area (Å²) >= 11 is 1.69. The normalized spacial score (nSPS) is 11.0. The third-order valence-electron chi connectivity index (χ3n) is 3.90. The van der Waals surface area contributed by atoms with Crippen molar-refractivity contribution in [1.29, 1.82) is 0 Å². The number of hydrogen-bond donors (Lipinski definition) is 2. The van der Waals surface area contributed by atoms with Gasteiger partial charge in [0.1, 0.15) is 0 Å². The van der Waals surface area contributed by atoms with Crippen LogP contribution in [0.2, 0.25) is 0 Å². The molecule has 2 N–H and O–H groups in total. The van der Waals surface area contributed by atoms with E-state index >= 15 is 0 Å². The number of aryl methyl sites for hydroxylation is 1. The van der Waals surface area contributed by atoms with Gasteiger partial charge in [0.05, 0.1) is 17.1 Å². The van der Waals surface area contributed by atoms with Crippen LogP contribution < -0.4 is 5.32 Å². The van der Waals surface area contributed by atoms with Crippen molar-refractivity contribution in [2.24, 2.45) is 0 Å². The Bertz CT molecular complexity index is 932. The highest BCUT2D eigenvalue weighted by Gasteiger charge is 2.13. The number of hydrogen-bond acceptors (Lipinski definition) is 4. The minimum Gasteiger partial charge on any atom is -0.337 e. The van der Waals surface area contributed by atoms with E-state index in [2.05, 4.69) is 15.3 Å². The van der Waals surface area contributed by atoms with Crippen LogP contribution in [0.3, 0.4) is 0 Å². The van der Waals surface area contributed by atoms with E-state index in [-0.39, 0.29) is 11.7 Å². The van der Waals surface area contributed by atoms with Crippen LogP contribution in [-0.4, -0.2) is 27.4 Å². The smallest absolute Gasteiger partial charge is 0.288 e. The number of carbonyl (C=O) groups is 1. The first-order valence-electron chi connectivity index (χ1n) is 8.57. The molecule has 0 bridgehead atoms. The molecule has 0 atom stereocenters. The lowest BCUT2D eigenvalue weighted by molar-refractivity contribution is -0.113. The second kappa shape index (κ2) is 9.75. The lowest BCUT2D eigenvalue weighted by Gasteiger charge is -2.09. The lowest BCUT2D eigenvalue weighted by Crippen LogP contribution is -2.14. The molecule has 3 aromatic rings. The number of para-hydroxylation sites is 1. The van der Waals surface area contributed by atoms with Crippen LogP contribution in [-0.2, 0) is 11.2 Å². The summed E-state index contributed by atoms with van der Waals surface area (Å²) in [6.45, 7) is 1.95. The third kappa shape index (κ3) is 5.84. The number of carbonyl (C=O) groups excluding carboxylic acids is 1. The SMILES string of the molecule is Cc1[nH]c(SCC(=O)Nc2ccccc2SC(F)F)nc1Cc1ccccc1. The molecule has 1 aromatic heterocycles. The summed E-state index contributed by atoms with van der Waals surface area (Å²) in [4.78, 5) is 20.3. The number of halogens is 2. The Morgan fingerprint density at radius 3 is 2.61 bits per heavy atom. The van der Waals surface area contributed by atoms with Gasteiger partial charge in [-0.25, -0.2) is 4.98 Å². The monoisotopic (exact) mass is 419 g/mol. The molecule has 0 aliphatic heterocycles. The van der Waals surface area contributed by atoms with Gasteiger partial charge in [-0.3, -0.25) is 4.79 Å². The number of anilines is 1. The van der Waals surface area contributed by atoms with Gasteiger partial charge in [0.15, 0.2) is 5.16 Å². The predicted molar refractivity (Wildman–Crippen MR) is 110 cm³/mol. The van der Waals surface area contributed by atoms with Gasteiger partial charge in [-0.15, -0.1) is 0 Å². The van der Waals surface area contributed by atoms with Crippen molar-refractivity contribution in [3.63, 3.8) is 0 Å². The first-order valence-corrected chi connectivity index (χ1v) is 10.4. The van der Waals surface area contributed by atoms with Gasteiger partial charge in [-0.2, -0.15) is 8.78 Å². The molecule has 0 saturated heterocycles. The molecule has 3 rings (SSSR count). The number of aromatic amines is 1. The number of nitrogens with zero attached hydrogens (tertiary/aromatic N) is 1. The second-order valence-corrected chi connectivity index (χ2v) is 7.98. The summed E-state index contributed by atoms with van der Waals surface area (Å²) in [5.41, 5.74) is 3.46. The molecule has 28 heavy (non-hydrogen) atoms. The Morgan fingerprint density at radius 2 is 1.86 bits per heavy atom. The maximum atomic E-state index is 12.6. The average Bonchev–Trinajstić information content (AvgIpc) is 3.02. The molecule has 4 nitrogen and oxygen atoms in total. The van der Waals surface area contributed by atoms with Crippen LogP contribution in [0.5, 0.6) is 0 Å². The number of imidazole rings is 1. The Kier molecular flexibility index (Phi) is 7.11. The van der Waals surface area contributed by atoms with Crippen molar-refractivity contribution in [3.05, 3.63) is 71.5 Å². The van der Waals surface area contributed by atoms with E-state index in [0.29, 0.717) is 33.9 Å². The molecule has 0 fully saturated rings. The number of amides is 1. The van der Waals surface area contributed by atoms with E-state index < -0.39 is 5.76 Å². The van der Waals surface area contributed by atoms with E-state index in [4.69, 9.17) is 0 Å². The van der Waals surface area contributed by atoms with Crippen LogP contribution in [0.15, 0.2) is 64.6 Å². The van der Waals surface area contributed by atoms with Gasteiger partial charge in [-0.05, 0) is 24.6 Å². The maximum absolute atomic E-state index is 12.6. The predicted octanol–water partition coefficient (Wildman–Crippen LogP) is 5.35. The van der Waals surface area contributed by atoms with Crippen molar-refractivity contribution >= 4 is 35.1 Å². The van der Waals surface area contributed by atoms with Crippen molar-refractivity contribution in [2.75, 3.05) is 11.1 Å². The minimum atomic E-state index is -2.54. The summed E-state index contributed by atoms with van der Waals surface area (Å²) < 4.78 is 25.3. The first kappa shape index (κ1) is 20.4. The molecule has 0 radical (unpaired) electrons. The summed E-state index contributed by atoms with van der Waals surface area (Å²) in [5.74, 6) is -2.68. The largest absolute Gasteiger partial charge is 0.337 e. The zero-order valence-corrected chi connectivity index (χ0v) is 16.7. The molecule has 1 amide bonds. The van der Waals surface area contributed by atoms with Crippen molar-refractivity contribution in [2.45, 2.75) is 29.2 Å². The van der Waals surface area contributed by atoms with Crippen LogP contribution in [0.1, 0.15) is 17.0 Å². The number of rotatable bonds is 8. The van der Waals surface area contributed by atoms with Gasteiger partial charge >= 0.3 is 0 Å². The number of alkyl halides is 2. The molecule has 8 heteroatoms. The zero-order valence-electron chi connectivity index (χ0n) is 15.1. The molecule has 1 heterocycles. The second-order valence-electron chi connectivity index (χ2n) is 5.99. The van der Waals surface area contributed by atoms with Gasteiger partial charge in [0, 0.05) is 17.0 Å². The molecule has 146 valence electrons. The number of aromatic nitrogens is 2. The molecule has 0 aliphatic rings. The van der Waals surface area contributed by atoms with E-state index in [1.165, 1.54) is 17.3 Å². The molecule has 0 unspecified atom stereocenters. The molecule has 0 aliphatic carbocycles. The van der Waals surface area contributed by atoms with E-state index in [1.807, 2.05) is 37.3 Å². The summed E-state index contributed by atoms with van der Waals surface area (Å²) in [6.07, 6.45) is 0.716. The minimum absolute atomic E-state index is 0.130. The lowest BCUT2D eigenvalue weighted by atomic mass is 10.1. The van der Waals surface area contributed by atoms with Crippen molar-refractivity contribution in [3.8, 4) is 0 Å². The number of thioether (sulfide) groups is 2. The number of H-pyrrole nitrogens is 1. The fourth-order valence-corrected chi connectivity index (χ4v) is 3.92. The Balaban J connectivity index is 1.57. The van der Waals surface area contributed by atoms with Crippen LogP contribution in [0.4, 0.5) is 14.5 Å². The van der Waals surface area contributed by atoms with Gasteiger partial charge in [-0.1, -0.05) is 66.0 Å². The topological polar surface area (TPSA) is 57.8 Å². The van der Waals surface area contributed by atoms with Gasteiger partial charge in [0.2, 0.25) is 5.91 Å². The van der Waals surface area contributed by atoms with E-state index in [9.17, 15) is 13.6 Å². The van der Waals surface area contributed by atoms with Gasteiger partial charge < -0.3 is 10.3 Å². The standard InChI is InChI=1S/C20H19F2N3OS2/c1-13-16(11-14-7-3-2-4-8-14)25-20(23-13)27-12-18(26)24-15-9-5-6-10-17(15)28-19(21)22/h2-10,19H,11-12H2,1H3,(H,23,25)(H,24,26). The van der Waals surface area contributed by atoms with Crippen molar-refractivity contribution < 1.29 is 13.6 Å². The quantitative estimate of drug-likeness (QED) is 0.483. The Morgan fingerprint density at radius 1 is 1.14 bits per heavy atom. The summed E-state index contributed by atoms with van der Waals surface area (Å²) in [7, 11) is 0. The molecule has 0 spiro atoms. The third-order valence-corrected chi connectivity index (χ3v) is 5.56. The van der Waals surface area contributed by atoms with E-state index in [0.717, 1.165) is 11.4 Å². The summed E-state index contributed by atoms with van der Waals surface area (Å²) in [6, 6.07) is 16.6. The molecular weight excluding hydrogens is 400 g/mol. The van der Waals surface area contributed by atoms with E-state index in [1.54, 1.807) is 24.3 Å². The highest BCUT2D eigenvalue weighted by Crippen LogP contribution is 2.31. The van der Waals surface area contributed by atoms with Gasteiger partial charge in [0.25, 0.3) is 5.76 Å². The molecular formula is C20H19F2N3OS2. The molecule has 2 aromatic carbocycles. The van der Waals surface area contributed by atoms with Crippen LogP contribution in [0.25, 0.3) is 0 Å². The highest BCUT2D eigenvalue weighted by molar-refractivity contribution is 8.00. The Labute approximate surface area is 170 Å². The first-order chi connectivity index (χ1) is 13.5.